The van der Waals surface area contributed by atoms with Gasteiger partial charge in [0, 0.05) is 19.6 Å². The number of carbonyl (C=O) groups excluding carboxylic acids is 1. The highest BCUT2D eigenvalue weighted by Gasteiger charge is 2.37. The van der Waals surface area contributed by atoms with E-state index in [1.54, 1.807) is 4.90 Å². The van der Waals surface area contributed by atoms with Gasteiger partial charge in [-0.15, -0.1) is 0 Å². The van der Waals surface area contributed by atoms with Crippen molar-refractivity contribution in [1.29, 1.82) is 0 Å². The number of likely N-dealkylation sites (tertiary alicyclic amines) is 1. The second-order valence-electron chi connectivity index (χ2n) is 5.28. The second-order valence-corrected chi connectivity index (χ2v) is 5.28. The van der Waals surface area contributed by atoms with Crippen molar-refractivity contribution in [1.82, 2.24) is 10.2 Å². The standard InChI is InChI=1S/C11H19N3O2/c1-11(2,3)16-10(15)14-6-8(7-14)9-12-4-5-13-9/h8H,4-7H2,1-3H3,(H,12,13). The molecule has 2 aliphatic heterocycles. The molecule has 2 heterocycles. The van der Waals surface area contributed by atoms with Gasteiger partial charge in [-0.1, -0.05) is 0 Å². The molecule has 0 bridgehead atoms. The Morgan fingerprint density at radius 2 is 2.19 bits per heavy atom. The van der Waals surface area contributed by atoms with Crippen LogP contribution in [0.1, 0.15) is 20.8 Å². The zero-order chi connectivity index (χ0) is 11.8. The number of aliphatic imine (C=N–C) groups is 1. The molecule has 0 aromatic rings. The largest absolute Gasteiger partial charge is 0.444 e. The van der Waals surface area contributed by atoms with E-state index in [1.165, 1.54) is 0 Å². The number of nitrogens with zero attached hydrogens (tertiary/aromatic N) is 2. The average Bonchev–Trinajstić information content (AvgIpc) is 2.49. The van der Waals surface area contributed by atoms with Gasteiger partial charge in [0.2, 0.25) is 0 Å². The van der Waals surface area contributed by atoms with Crippen LogP contribution in [0.4, 0.5) is 4.79 Å². The average molecular weight is 225 g/mol. The number of ether oxygens (including phenoxy) is 1. The first-order chi connectivity index (χ1) is 7.46. The summed E-state index contributed by atoms with van der Waals surface area (Å²) in [5, 5.41) is 3.24. The van der Waals surface area contributed by atoms with Crippen LogP contribution in [0.2, 0.25) is 0 Å². The second kappa shape index (κ2) is 3.96. The number of hydrogen-bond donors (Lipinski definition) is 1. The van der Waals surface area contributed by atoms with Gasteiger partial charge in [0.05, 0.1) is 12.5 Å². The first-order valence-corrected chi connectivity index (χ1v) is 5.72. The van der Waals surface area contributed by atoms with Gasteiger partial charge in [0.1, 0.15) is 11.4 Å². The molecule has 5 heteroatoms. The lowest BCUT2D eigenvalue weighted by Crippen LogP contribution is -2.56. The maximum absolute atomic E-state index is 11.6. The van der Waals surface area contributed by atoms with E-state index in [2.05, 4.69) is 10.3 Å². The molecule has 2 rings (SSSR count). The first-order valence-electron chi connectivity index (χ1n) is 5.72. The zero-order valence-electron chi connectivity index (χ0n) is 10.1. The van der Waals surface area contributed by atoms with Gasteiger partial charge in [-0.25, -0.2) is 4.79 Å². The molecule has 90 valence electrons. The molecule has 1 fully saturated rings. The topological polar surface area (TPSA) is 53.9 Å². The van der Waals surface area contributed by atoms with Gasteiger partial charge in [0.15, 0.2) is 0 Å². The first kappa shape index (κ1) is 11.2. The van der Waals surface area contributed by atoms with Crippen LogP contribution in [-0.4, -0.2) is 48.6 Å². The number of hydrogen-bond acceptors (Lipinski definition) is 4. The van der Waals surface area contributed by atoms with Crippen molar-refractivity contribution in [3.63, 3.8) is 0 Å². The van der Waals surface area contributed by atoms with E-state index in [0.717, 1.165) is 32.0 Å². The minimum absolute atomic E-state index is 0.220. The van der Waals surface area contributed by atoms with Gasteiger partial charge in [-0.2, -0.15) is 0 Å². The highest BCUT2D eigenvalue weighted by molar-refractivity contribution is 5.88. The van der Waals surface area contributed by atoms with Crippen molar-refractivity contribution in [2.24, 2.45) is 10.9 Å². The summed E-state index contributed by atoms with van der Waals surface area (Å²) in [6, 6.07) is 0. The molecule has 0 unspecified atom stereocenters. The van der Waals surface area contributed by atoms with Gasteiger partial charge in [-0.3, -0.25) is 4.99 Å². The van der Waals surface area contributed by atoms with E-state index in [1.807, 2.05) is 20.8 Å². The lowest BCUT2D eigenvalue weighted by atomic mass is 9.99. The summed E-state index contributed by atoms with van der Waals surface area (Å²) in [5.41, 5.74) is -0.411. The van der Waals surface area contributed by atoms with Crippen LogP contribution in [0.25, 0.3) is 0 Å². The summed E-state index contributed by atoms with van der Waals surface area (Å²) < 4.78 is 5.28. The molecule has 0 aromatic heterocycles. The predicted octanol–water partition coefficient (Wildman–Crippen LogP) is 0.855. The Balaban J connectivity index is 1.77. The van der Waals surface area contributed by atoms with Crippen molar-refractivity contribution in [3.05, 3.63) is 0 Å². The van der Waals surface area contributed by atoms with Crippen molar-refractivity contribution < 1.29 is 9.53 Å². The van der Waals surface area contributed by atoms with Crippen LogP contribution < -0.4 is 5.32 Å². The number of amides is 1. The Hall–Kier alpha value is -1.26. The summed E-state index contributed by atoms with van der Waals surface area (Å²) in [7, 11) is 0. The molecule has 1 saturated heterocycles. The normalized spacial score (nSPS) is 21.2. The molecule has 16 heavy (non-hydrogen) atoms. The van der Waals surface area contributed by atoms with Crippen molar-refractivity contribution in [3.8, 4) is 0 Å². The third-order valence-corrected chi connectivity index (χ3v) is 2.62. The molecule has 0 aliphatic carbocycles. The third-order valence-electron chi connectivity index (χ3n) is 2.62. The predicted molar refractivity (Wildman–Crippen MR) is 61.6 cm³/mol. The summed E-state index contributed by atoms with van der Waals surface area (Å²) in [4.78, 5) is 17.7. The Bertz CT molecular complexity index is 314. The third kappa shape index (κ3) is 2.46. The monoisotopic (exact) mass is 225 g/mol. The van der Waals surface area contributed by atoms with Crippen molar-refractivity contribution in [2.45, 2.75) is 26.4 Å². The fourth-order valence-corrected chi connectivity index (χ4v) is 1.82. The number of amidine groups is 1. The molecule has 0 atom stereocenters. The maximum atomic E-state index is 11.6. The van der Waals surface area contributed by atoms with E-state index in [9.17, 15) is 4.79 Å². The summed E-state index contributed by atoms with van der Waals surface area (Å²) >= 11 is 0. The van der Waals surface area contributed by atoms with Crippen molar-refractivity contribution >= 4 is 11.9 Å². The van der Waals surface area contributed by atoms with Crippen LogP contribution in [0.5, 0.6) is 0 Å². The molecule has 1 amide bonds. The Kier molecular flexibility index (Phi) is 2.78. The van der Waals surface area contributed by atoms with E-state index >= 15 is 0 Å². The molecule has 0 saturated carbocycles. The number of rotatable bonds is 1. The number of carbonyl (C=O) groups is 1. The van der Waals surface area contributed by atoms with E-state index in [-0.39, 0.29) is 6.09 Å². The van der Waals surface area contributed by atoms with Crippen LogP contribution in [-0.2, 0) is 4.74 Å². The fourth-order valence-electron chi connectivity index (χ4n) is 1.82. The van der Waals surface area contributed by atoms with Gasteiger partial charge in [0.25, 0.3) is 0 Å². The minimum atomic E-state index is -0.411. The Morgan fingerprint density at radius 1 is 1.50 bits per heavy atom. The fraction of sp³-hybridized carbons (Fsp3) is 0.818. The van der Waals surface area contributed by atoms with Crippen molar-refractivity contribution in [2.75, 3.05) is 26.2 Å². The molecule has 5 nitrogen and oxygen atoms in total. The van der Waals surface area contributed by atoms with E-state index < -0.39 is 5.60 Å². The molecule has 0 aromatic carbocycles. The summed E-state index contributed by atoms with van der Waals surface area (Å²) in [6.45, 7) is 8.87. The van der Waals surface area contributed by atoms with Gasteiger partial charge < -0.3 is 15.0 Å². The van der Waals surface area contributed by atoms with Crippen LogP contribution in [0, 0.1) is 5.92 Å². The highest BCUT2D eigenvalue weighted by atomic mass is 16.6. The summed E-state index contributed by atoms with van der Waals surface area (Å²) in [5.74, 6) is 1.44. The maximum Gasteiger partial charge on any atom is 0.410 e. The lowest BCUT2D eigenvalue weighted by molar-refractivity contribution is 0.00672. The van der Waals surface area contributed by atoms with Gasteiger partial charge >= 0.3 is 6.09 Å². The quantitative estimate of drug-likeness (QED) is 0.720. The summed E-state index contributed by atoms with van der Waals surface area (Å²) in [6.07, 6.45) is -0.220. The van der Waals surface area contributed by atoms with Crippen LogP contribution in [0.15, 0.2) is 4.99 Å². The minimum Gasteiger partial charge on any atom is -0.444 e. The lowest BCUT2D eigenvalue weighted by Gasteiger charge is -2.39. The molecule has 0 spiro atoms. The van der Waals surface area contributed by atoms with E-state index in [4.69, 9.17) is 4.74 Å². The number of nitrogens with one attached hydrogen (secondary N) is 1. The highest BCUT2D eigenvalue weighted by Crippen LogP contribution is 2.20. The SMILES string of the molecule is CC(C)(C)OC(=O)N1CC(C2=NCCN2)C1. The zero-order valence-corrected chi connectivity index (χ0v) is 10.1. The van der Waals surface area contributed by atoms with Crippen LogP contribution >= 0.6 is 0 Å². The molecular formula is C11H19N3O2. The molecular weight excluding hydrogens is 206 g/mol. The smallest absolute Gasteiger partial charge is 0.410 e. The van der Waals surface area contributed by atoms with Gasteiger partial charge in [-0.05, 0) is 20.8 Å². The molecule has 2 aliphatic rings. The Morgan fingerprint density at radius 3 is 2.69 bits per heavy atom. The Labute approximate surface area is 95.9 Å². The molecule has 1 N–H and O–H groups in total. The van der Waals surface area contributed by atoms with E-state index in [0.29, 0.717) is 5.92 Å². The van der Waals surface area contributed by atoms with Crippen LogP contribution in [0.3, 0.4) is 0 Å². The molecule has 0 radical (unpaired) electrons.